The van der Waals surface area contributed by atoms with Gasteiger partial charge >= 0.3 is 0 Å². The fourth-order valence-electron chi connectivity index (χ4n) is 3.53. The van der Waals surface area contributed by atoms with Crippen molar-refractivity contribution >= 4 is 17.6 Å². The Morgan fingerprint density at radius 3 is 2.67 bits per heavy atom. The molecule has 0 radical (unpaired) electrons. The Bertz CT molecular complexity index is 687. The number of ketones is 1. The molecule has 2 rings (SSSR count). The highest BCUT2D eigenvalue weighted by Gasteiger charge is 2.27. The van der Waals surface area contributed by atoms with Crippen molar-refractivity contribution in [1.29, 1.82) is 0 Å². The molecule has 0 bridgehead atoms. The van der Waals surface area contributed by atoms with Crippen molar-refractivity contribution in [2.75, 3.05) is 19.6 Å². The van der Waals surface area contributed by atoms with Crippen LogP contribution in [0, 0.1) is 13.8 Å². The number of piperidine rings is 1. The summed E-state index contributed by atoms with van der Waals surface area (Å²) in [4.78, 5) is 38.7. The monoisotopic (exact) mass is 373 g/mol. The molecular formula is C21H31N3O3. The van der Waals surface area contributed by atoms with Crippen molar-refractivity contribution in [3.8, 4) is 0 Å². The number of nitrogens with two attached hydrogens (primary N) is 1. The quantitative estimate of drug-likeness (QED) is 0.683. The summed E-state index contributed by atoms with van der Waals surface area (Å²) in [6, 6.07) is 5.81. The van der Waals surface area contributed by atoms with Crippen LogP contribution < -0.4 is 11.1 Å². The Hall–Kier alpha value is -2.21. The van der Waals surface area contributed by atoms with E-state index in [-0.39, 0.29) is 36.5 Å². The van der Waals surface area contributed by atoms with Gasteiger partial charge in [0.1, 0.15) is 0 Å². The van der Waals surface area contributed by atoms with Gasteiger partial charge in [-0.3, -0.25) is 14.4 Å². The first kappa shape index (κ1) is 21.1. The van der Waals surface area contributed by atoms with E-state index in [1.54, 1.807) is 0 Å². The fourth-order valence-corrected chi connectivity index (χ4v) is 3.53. The molecule has 6 nitrogen and oxygen atoms in total. The van der Waals surface area contributed by atoms with Crippen LogP contribution in [0.5, 0.6) is 0 Å². The Labute approximate surface area is 161 Å². The van der Waals surface area contributed by atoms with Crippen LogP contribution in [0.3, 0.4) is 0 Å². The fraction of sp³-hybridized carbons (Fsp3) is 0.571. The van der Waals surface area contributed by atoms with Crippen LogP contribution in [0.4, 0.5) is 0 Å². The smallest absolute Gasteiger partial charge is 0.223 e. The van der Waals surface area contributed by atoms with Crippen LogP contribution in [-0.4, -0.2) is 48.2 Å². The molecule has 2 amide bonds. The first-order chi connectivity index (χ1) is 12.9. The molecule has 1 aromatic carbocycles. The lowest BCUT2D eigenvalue weighted by atomic mass is 9.98. The normalized spacial score (nSPS) is 16.9. The van der Waals surface area contributed by atoms with Crippen molar-refractivity contribution < 1.29 is 14.4 Å². The molecule has 3 N–H and O–H groups in total. The summed E-state index contributed by atoms with van der Waals surface area (Å²) in [6.07, 6.45) is 3.60. The Balaban J connectivity index is 1.91. The second-order valence-electron chi connectivity index (χ2n) is 7.32. The summed E-state index contributed by atoms with van der Waals surface area (Å²) >= 11 is 0. The van der Waals surface area contributed by atoms with E-state index in [1.165, 1.54) is 0 Å². The van der Waals surface area contributed by atoms with Crippen LogP contribution >= 0.6 is 0 Å². The van der Waals surface area contributed by atoms with Crippen LogP contribution in [0.1, 0.15) is 60.0 Å². The summed E-state index contributed by atoms with van der Waals surface area (Å²) in [6.45, 7) is 5.33. The summed E-state index contributed by atoms with van der Waals surface area (Å²) in [5.41, 5.74) is 8.08. The highest BCUT2D eigenvalue weighted by atomic mass is 16.2. The minimum Gasteiger partial charge on any atom is -0.354 e. The van der Waals surface area contributed by atoms with Crippen molar-refractivity contribution in [3.05, 3.63) is 34.9 Å². The highest BCUT2D eigenvalue weighted by molar-refractivity contribution is 5.99. The van der Waals surface area contributed by atoms with E-state index < -0.39 is 0 Å². The van der Waals surface area contributed by atoms with E-state index in [1.807, 2.05) is 36.9 Å². The minimum atomic E-state index is -0.0828. The van der Waals surface area contributed by atoms with Crippen LogP contribution in [0.25, 0.3) is 0 Å². The van der Waals surface area contributed by atoms with Crippen molar-refractivity contribution in [3.63, 3.8) is 0 Å². The number of hydrogen-bond donors (Lipinski definition) is 2. The lowest BCUT2D eigenvalue weighted by Gasteiger charge is -2.36. The van der Waals surface area contributed by atoms with Gasteiger partial charge in [-0.1, -0.05) is 17.7 Å². The number of nitrogens with zero attached hydrogens (tertiary/aromatic N) is 1. The van der Waals surface area contributed by atoms with E-state index in [4.69, 9.17) is 5.73 Å². The second-order valence-corrected chi connectivity index (χ2v) is 7.32. The molecule has 1 aliphatic rings. The van der Waals surface area contributed by atoms with Gasteiger partial charge in [0, 0.05) is 50.5 Å². The zero-order valence-electron chi connectivity index (χ0n) is 16.4. The first-order valence-corrected chi connectivity index (χ1v) is 9.79. The third kappa shape index (κ3) is 6.17. The number of Topliss-reactive ketones (excluding diaryl/α,β-unsaturated/α-hetero) is 1. The van der Waals surface area contributed by atoms with E-state index in [9.17, 15) is 14.4 Å². The number of nitrogens with one attached hydrogen (secondary N) is 1. The van der Waals surface area contributed by atoms with E-state index in [0.717, 1.165) is 30.4 Å². The number of carbonyl (C=O) groups is 3. The number of likely N-dealkylation sites (tertiary alicyclic amines) is 1. The number of rotatable bonds is 8. The lowest BCUT2D eigenvalue weighted by Crippen LogP contribution is -2.49. The van der Waals surface area contributed by atoms with Gasteiger partial charge in [-0.2, -0.15) is 0 Å². The summed E-state index contributed by atoms with van der Waals surface area (Å²) in [5, 5.41) is 2.86. The second kappa shape index (κ2) is 10.2. The molecule has 1 atom stereocenters. The SMILES string of the molecule is Cc1ccc(C)c(C(=O)CCC(=O)N2CCCCC2CNC(=O)CCN)c1. The largest absolute Gasteiger partial charge is 0.354 e. The summed E-state index contributed by atoms with van der Waals surface area (Å²) in [7, 11) is 0. The minimum absolute atomic E-state index is 0.00350. The molecule has 1 unspecified atom stereocenters. The maximum atomic E-state index is 12.7. The predicted molar refractivity (Wildman–Crippen MR) is 106 cm³/mol. The molecule has 1 saturated heterocycles. The molecule has 148 valence electrons. The van der Waals surface area contributed by atoms with Gasteiger partial charge in [0.25, 0.3) is 0 Å². The molecule has 27 heavy (non-hydrogen) atoms. The number of carbonyl (C=O) groups excluding carboxylic acids is 3. The van der Waals surface area contributed by atoms with Crippen LogP contribution in [-0.2, 0) is 9.59 Å². The van der Waals surface area contributed by atoms with Crippen molar-refractivity contribution in [2.24, 2.45) is 5.73 Å². The van der Waals surface area contributed by atoms with Crippen molar-refractivity contribution in [2.45, 2.75) is 58.4 Å². The third-order valence-corrected chi connectivity index (χ3v) is 5.11. The maximum absolute atomic E-state index is 12.7. The topological polar surface area (TPSA) is 92.5 Å². The van der Waals surface area contributed by atoms with Gasteiger partial charge in [0.15, 0.2) is 5.78 Å². The van der Waals surface area contributed by atoms with Gasteiger partial charge in [0.2, 0.25) is 11.8 Å². The Morgan fingerprint density at radius 2 is 1.93 bits per heavy atom. The number of benzene rings is 1. The first-order valence-electron chi connectivity index (χ1n) is 9.79. The van der Waals surface area contributed by atoms with Gasteiger partial charge in [-0.15, -0.1) is 0 Å². The summed E-state index contributed by atoms with van der Waals surface area (Å²) in [5.74, 6) is -0.0821. The van der Waals surface area contributed by atoms with Gasteiger partial charge < -0.3 is 16.0 Å². The Morgan fingerprint density at radius 1 is 1.15 bits per heavy atom. The van der Waals surface area contributed by atoms with Crippen molar-refractivity contribution in [1.82, 2.24) is 10.2 Å². The van der Waals surface area contributed by atoms with Gasteiger partial charge in [-0.05, 0) is 44.7 Å². The zero-order valence-corrected chi connectivity index (χ0v) is 16.4. The van der Waals surface area contributed by atoms with Gasteiger partial charge in [0.05, 0.1) is 0 Å². The summed E-state index contributed by atoms with van der Waals surface area (Å²) < 4.78 is 0. The average Bonchev–Trinajstić information content (AvgIpc) is 2.66. The molecule has 0 saturated carbocycles. The third-order valence-electron chi connectivity index (χ3n) is 5.11. The molecular weight excluding hydrogens is 342 g/mol. The molecule has 1 heterocycles. The molecule has 1 aromatic rings. The van der Waals surface area contributed by atoms with Crippen LogP contribution in [0.15, 0.2) is 18.2 Å². The molecule has 0 spiro atoms. The lowest BCUT2D eigenvalue weighted by molar-refractivity contribution is -0.135. The highest BCUT2D eigenvalue weighted by Crippen LogP contribution is 2.19. The molecule has 1 aliphatic heterocycles. The molecule has 1 fully saturated rings. The number of aryl methyl sites for hydroxylation is 2. The zero-order chi connectivity index (χ0) is 19.8. The molecule has 0 aliphatic carbocycles. The van der Waals surface area contributed by atoms with E-state index in [2.05, 4.69) is 5.32 Å². The predicted octanol–water partition coefficient (Wildman–Crippen LogP) is 2.11. The average molecular weight is 373 g/mol. The van der Waals surface area contributed by atoms with Crippen LogP contribution in [0.2, 0.25) is 0 Å². The Kier molecular flexibility index (Phi) is 7.98. The maximum Gasteiger partial charge on any atom is 0.223 e. The van der Waals surface area contributed by atoms with Gasteiger partial charge in [-0.25, -0.2) is 0 Å². The molecule has 0 aromatic heterocycles. The van der Waals surface area contributed by atoms with E-state index in [0.29, 0.717) is 31.6 Å². The van der Waals surface area contributed by atoms with E-state index >= 15 is 0 Å². The molecule has 6 heteroatoms. The standard InChI is InChI=1S/C21H31N3O3/c1-15-6-7-16(2)18(13-15)19(25)8-9-21(27)24-12-4-3-5-17(24)14-23-20(26)10-11-22/h6-7,13,17H,3-5,8-12,14,22H2,1-2H3,(H,23,26). The number of amides is 2. The number of hydrogen-bond acceptors (Lipinski definition) is 4.